The molecule has 0 amide bonds. The maximum Gasteiger partial charge on any atom is 0.0688 e. The van der Waals surface area contributed by atoms with Gasteiger partial charge in [0.05, 0.1) is 5.60 Å². The van der Waals surface area contributed by atoms with E-state index >= 15 is 0 Å². The van der Waals surface area contributed by atoms with Gasteiger partial charge in [0.1, 0.15) is 0 Å². The van der Waals surface area contributed by atoms with Crippen LogP contribution in [0.3, 0.4) is 0 Å². The van der Waals surface area contributed by atoms with Crippen molar-refractivity contribution in [1.29, 1.82) is 0 Å². The second-order valence-electron chi connectivity index (χ2n) is 4.45. The fourth-order valence-corrected chi connectivity index (χ4v) is 2.36. The molecule has 1 aromatic rings. The normalized spacial score (nSPS) is 20.6. The molecule has 2 rings (SSSR count). The first kappa shape index (κ1) is 9.72. The third-order valence-corrected chi connectivity index (χ3v) is 3.16. The van der Waals surface area contributed by atoms with Crippen molar-refractivity contribution in [3.05, 3.63) is 35.9 Å². The topological polar surface area (TPSA) is 20.2 Å². The lowest BCUT2D eigenvalue weighted by atomic mass is 9.80. The first-order valence-electron chi connectivity index (χ1n) is 5.55. The van der Waals surface area contributed by atoms with E-state index in [2.05, 4.69) is 12.1 Å². The van der Waals surface area contributed by atoms with Gasteiger partial charge in [-0.3, -0.25) is 0 Å². The molecule has 1 heteroatoms. The van der Waals surface area contributed by atoms with Crippen molar-refractivity contribution in [3.63, 3.8) is 0 Å². The number of benzene rings is 1. The first-order valence-corrected chi connectivity index (χ1v) is 5.55. The molecule has 0 spiro atoms. The molecule has 1 aliphatic rings. The molecule has 14 heavy (non-hydrogen) atoms. The van der Waals surface area contributed by atoms with Gasteiger partial charge in [0, 0.05) is 6.42 Å². The standard InChI is InChI=1S/C13H18O/c14-13(9-5-2-6-10-13)11-12-7-3-1-4-8-12/h1,3-4,7-8,14H,2,5-6,9-11H2. The van der Waals surface area contributed by atoms with Gasteiger partial charge in [0.25, 0.3) is 0 Å². The van der Waals surface area contributed by atoms with E-state index in [4.69, 9.17) is 0 Å². The van der Waals surface area contributed by atoms with Crippen LogP contribution in [0.15, 0.2) is 30.3 Å². The second-order valence-corrected chi connectivity index (χ2v) is 4.45. The largest absolute Gasteiger partial charge is 0.390 e. The molecule has 0 bridgehead atoms. The highest BCUT2D eigenvalue weighted by Gasteiger charge is 2.28. The third kappa shape index (κ3) is 2.36. The van der Waals surface area contributed by atoms with Crippen LogP contribution in [0.25, 0.3) is 0 Å². The van der Waals surface area contributed by atoms with E-state index in [0.29, 0.717) is 0 Å². The maximum absolute atomic E-state index is 10.3. The molecule has 1 fully saturated rings. The van der Waals surface area contributed by atoms with Crippen LogP contribution in [0.4, 0.5) is 0 Å². The molecule has 0 unspecified atom stereocenters. The summed E-state index contributed by atoms with van der Waals surface area (Å²) in [6.07, 6.45) is 6.43. The number of rotatable bonds is 2. The Kier molecular flexibility index (Phi) is 2.87. The maximum atomic E-state index is 10.3. The van der Waals surface area contributed by atoms with E-state index in [0.717, 1.165) is 19.3 Å². The lowest BCUT2D eigenvalue weighted by molar-refractivity contribution is 0.00449. The van der Waals surface area contributed by atoms with E-state index in [1.807, 2.05) is 18.2 Å². The van der Waals surface area contributed by atoms with Crippen LogP contribution < -0.4 is 0 Å². The lowest BCUT2D eigenvalue weighted by Gasteiger charge is -2.32. The zero-order chi connectivity index (χ0) is 9.86. The Bertz CT molecular complexity index is 273. The van der Waals surface area contributed by atoms with Crippen LogP contribution in [0.1, 0.15) is 37.7 Å². The van der Waals surface area contributed by atoms with E-state index in [-0.39, 0.29) is 0 Å². The average Bonchev–Trinajstić information content (AvgIpc) is 2.19. The monoisotopic (exact) mass is 190 g/mol. The summed E-state index contributed by atoms with van der Waals surface area (Å²) >= 11 is 0. The molecule has 0 atom stereocenters. The van der Waals surface area contributed by atoms with Crippen molar-refractivity contribution in [2.24, 2.45) is 0 Å². The highest BCUT2D eigenvalue weighted by atomic mass is 16.3. The Balaban J connectivity index is 2.02. The van der Waals surface area contributed by atoms with E-state index in [1.54, 1.807) is 0 Å². The van der Waals surface area contributed by atoms with Crippen molar-refractivity contribution in [2.75, 3.05) is 0 Å². The summed E-state index contributed by atoms with van der Waals surface area (Å²) in [6, 6.07) is 10.3. The zero-order valence-corrected chi connectivity index (χ0v) is 8.58. The van der Waals surface area contributed by atoms with Gasteiger partial charge in [0.2, 0.25) is 0 Å². The van der Waals surface area contributed by atoms with Gasteiger partial charge in [-0.25, -0.2) is 0 Å². The Morgan fingerprint density at radius 3 is 2.29 bits per heavy atom. The second kappa shape index (κ2) is 4.14. The SMILES string of the molecule is OC1(Cc2ccccc2)CCCCC1. The summed E-state index contributed by atoms with van der Waals surface area (Å²) in [4.78, 5) is 0. The predicted octanol–water partition coefficient (Wildman–Crippen LogP) is 2.92. The fourth-order valence-electron chi connectivity index (χ4n) is 2.36. The minimum absolute atomic E-state index is 0.417. The minimum atomic E-state index is -0.417. The number of hydrogen-bond acceptors (Lipinski definition) is 1. The summed E-state index contributed by atoms with van der Waals surface area (Å²) in [5.41, 5.74) is 0.844. The summed E-state index contributed by atoms with van der Waals surface area (Å²) in [5, 5.41) is 10.3. The molecule has 1 N–H and O–H groups in total. The Morgan fingerprint density at radius 2 is 1.64 bits per heavy atom. The lowest BCUT2D eigenvalue weighted by Crippen LogP contribution is -2.33. The summed E-state index contributed by atoms with van der Waals surface area (Å²) < 4.78 is 0. The third-order valence-electron chi connectivity index (χ3n) is 3.16. The van der Waals surface area contributed by atoms with Gasteiger partial charge in [-0.05, 0) is 18.4 Å². The van der Waals surface area contributed by atoms with Gasteiger partial charge in [0.15, 0.2) is 0 Å². The average molecular weight is 190 g/mol. The highest BCUT2D eigenvalue weighted by molar-refractivity contribution is 5.17. The molecular weight excluding hydrogens is 172 g/mol. The van der Waals surface area contributed by atoms with E-state index in [9.17, 15) is 5.11 Å². The van der Waals surface area contributed by atoms with Crippen LogP contribution in [-0.4, -0.2) is 10.7 Å². The molecule has 0 heterocycles. The Labute approximate surface area is 85.8 Å². The molecule has 0 saturated heterocycles. The number of hydrogen-bond donors (Lipinski definition) is 1. The van der Waals surface area contributed by atoms with Crippen LogP contribution >= 0.6 is 0 Å². The van der Waals surface area contributed by atoms with Gasteiger partial charge in [-0.2, -0.15) is 0 Å². The fraction of sp³-hybridized carbons (Fsp3) is 0.538. The van der Waals surface area contributed by atoms with Crippen molar-refractivity contribution in [2.45, 2.75) is 44.1 Å². The molecule has 1 aliphatic carbocycles. The van der Waals surface area contributed by atoms with Gasteiger partial charge in [-0.15, -0.1) is 0 Å². The molecule has 0 aliphatic heterocycles. The Morgan fingerprint density at radius 1 is 1.00 bits per heavy atom. The quantitative estimate of drug-likeness (QED) is 0.760. The first-order chi connectivity index (χ1) is 6.79. The summed E-state index contributed by atoms with van der Waals surface area (Å²) in [7, 11) is 0. The predicted molar refractivity (Wildman–Crippen MR) is 58.2 cm³/mol. The molecule has 0 aromatic heterocycles. The van der Waals surface area contributed by atoms with Crippen LogP contribution in [0.2, 0.25) is 0 Å². The summed E-state index contributed by atoms with van der Waals surface area (Å²) in [6.45, 7) is 0. The van der Waals surface area contributed by atoms with E-state index < -0.39 is 5.60 Å². The molecule has 1 nitrogen and oxygen atoms in total. The van der Waals surface area contributed by atoms with Crippen LogP contribution in [0.5, 0.6) is 0 Å². The molecular formula is C13H18O. The van der Waals surface area contributed by atoms with Gasteiger partial charge in [-0.1, -0.05) is 49.6 Å². The zero-order valence-electron chi connectivity index (χ0n) is 8.58. The van der Waals surface area contributed by atoms with Crippen molar-refractivity contribution >= 4 is 0 Å². The van der Waals surface area contributed by atoms with Crippen molar-refractivity contribution in [3.8, 4) is 0 Å². The van der Waals surface area contributed by atoms with Crippen LogP contribution in [0, 0.1) is 0 Å². The van der Waals surface area contributed by atoms with E-state index in [1.165, 1.54) is 24.8 Å². The van der Waals surface area contributed by atoms with Crippen molar-refractivity contribution in [1.82, 2.24) is 0 Å². The van der Waals surface area contributed by atoms with Gasteiger partial charge < -0.3 is 5.11 Å². The molecule has 1 saturated carbocycles. The van der Waals surface area contributed by atoms with Gasteiger partial charge >= 0.3 is 0 Å². The Hall–Kier alpha value is -0.820. The van der Waals surface area contributed by atoms with Crippen molar-refractivity contribution < 1.29 is 5.11 Å². The molecule has 1 aromatic carbocycles. The minimum Gasteiger partial charge on any atom is -0.390 e. The molecule has 76 valence electrons. The highest BCUT2D eigenvalue weighted by Crippen LogP contribution is 2.30. The summed E-state index contributed by atoms with van der Waals surface area (Å²) in [5.74, 6) is 0. The smallest absolute Gasteiger partial charge is 0.0688 e. The molecule has 0 radical (unpaired) electrons. The number of aliphatic hydroxyl groups is 1. The van der Waals surface area contributed by atoms with Crippen LogP contribution in [-0.2, 0) is 6.42 Å².